The molecule has 1 N–H and O–H groups in total. The highest BCUT2D eigenvalue weighted by Gasteiger charge is 2.50. The van der Waals surface area contributed by atoms with Gasteiger partial charge in [-0.05, 0) is 25.0 Å². The van der Waals surface area contributed by atoms with Gasteiger partial charge in [-0.25, -0.2) is 8.42 Å². The minimum absolute atomic E-state index is 0.0649. The van der Waals surface area contributed by atoms with E-state index in [9.17, 15) is 21.6 Å². The van der Waals surface area contributed by atoms with Crippen LogP contribution in [0.25, 0.3) is 0 Å². The Morgan fingerprint density at radius 2 is 1.76 bits per heavy atom. The van der Waals surface area contributed by atoms with Gasteiger partial charge < -0.3 is 5.32 Å². The maximum absolute atomic E-state index is 13.0. The van der Waals surface area contributed by atoms with Crippen LogP contribution in [0.2, 0.25) is 0 Å². The van der Waals surface area contributed by atoms with E-state index in [1.54, 1.807) is 0 Å². The van der Waals surface area contributed by atoms with Crippen LogP contribution in [0.1, 0.15) is 37.7 Å². The van der Waals surface area contributed by atoms with Crippen molar-refractivity contribution < 1.29 is 21.6 Å². The Kier molecular flexibility index (Phi) is 3.24. The number of benzene rings is 1. The quantitative estimate of drug-likeness (QED) is 0.794. The monoisotopic (exact) mass is 319 g/mol. The third-order valence-electron chi connectivity index (χ3n) is 4.54. The number of halogens is 3. The van der Waals surface area contributed by atoms with Gasteiger partial charge in [0.15, 0.2) is 9.84 Å². The molecular formula is C14H16F3NO2S. The summed E-state index contributed by atoms with van der Waals surface area (Å²) in [6.07, 6.45) is -0.960. The molecule has 1 saturated carbocycles. The van der Waals surface area contributed by atoms with E-state index in [0.29, 0.717) is 12.8 Å². The zero-order valence-corrected chi connectivity index (χ0v) is 12.1. The summed E-state index contributed by atoms with van der Waals surface area (Å²) in [6.45, 7) is 0.0649. The first kappa shape index (κ1) is 14.7. The molecule has 0 atom stereocenters. The Morgan fingerprint density at radius 1 is 1.10 bits per heavy atom. The fourth-order valence-electron chi connectivity index (χ4n) is 3.39. The van der Waals surface area contributed by atoms with Crippen molar-refractivity contribution in [2.45, 2.75) is 47.9 Å². The number of para-hydroxylation sites is 1. The fourth-order valence-corrected chi connectivity index (χ4v) is 5.66. The molecule has 116 valence electrons. The summed E-state index contributed by atoms with van der Waals surface area (Å²) < 4.78 is 63.8. The van der Waals surface area contributed by atoms with Crippen molar-refractivity contribution in [1.29, 1.82) is 0 Å². The van der Waals surface area contributed by atoms with Gasteiger partial charge in [-0.15, -0.1) is 0 Å². The van der Waals surface area contributed by atoms with Crippen molar-refractivity contribution in [2.24, 2.45) is 0 Å². The molecule has 0 unspecified atom stereocenters. The number of alkyl halides is 3. The maximum atomic E-state index is 13.0. The Morgan fingerprint density at radius 3 is 2.38 bits per heavy atom. The summed E-state index contributed by atoms with van der Waals surface area (Å²) in [7, 11) is -3.75. The first-order valence-electron chi connectivity index (χ1n) is 6.97. The summed E-state index contributed by atoms with van der Waals surface area (Å²) >= 11 is 0. The Bertz CT molecular complexity index is 661. The van der Waals surface area contributed by atoms with E-state index in [0.717, 1.165) is 25.3 Å². The molecule has 0 saturated heterocycles. The third kappa shape index (κ3) is 2.13. The number of anilines is 1. The van der Waals surface area contributed by atoms with E-state index in [2.05, 4.69) is 5.32 Å². The van der Waals surface area contributed by atoms with Crippen LogP contribution in [0.15, 0.2) is 23.1 Å². The molecule has 7 heteroatoms. The van der Waals surface area contributed by atoms with Gasteiger partial charge in [-0.2, -0.15) is 13.2 Å². The van der Waals surface area contributed by atoms with Gasteiger partial charge in [0.1, 0.15) is 0 Å². The topological polar surface area (TPSA) is 46.2 Å². The number of hydrogen-bond acceptors (Lipinski definition) is 3. The maximum Gasteiger partial charge on any atom is 0.418 e. The fraction of sp³-hybridized carbons (Fsp3) is 0.571. The molecular weight excluding hydrogens is 303 g/mol. The minimum atomic E-state index is -4.56. The average molecular weight is 319 g/mol. The van der Waals surface area contributed by atoms with Crippen molar-refractivity contribution in [1.82, 2.24) is 0 Å². The van der Waals surface area contributed by atoms with E-state index in [1.807, 2.05) is 0 Å². The zero-order chi connectivity index (χ0) is 15.3. The molecule has 1 fully saturated rings. The van der Waals surface area contributed by atoms with E-state index in [4.69, 9.17) is 0 Å². The Labute approximate surface area is 121 Å². The molecule has 2 aliphatic rings. The predicted octanol–water partition coefficient (Wildman–Crippen LogP) is 3.61. The predicted molar refractivity (Wildman–Crippen MR) is 72.9 cm³/mol. The SMILES string of the molecule is O=S1(=O)c2cccc(C(F)(F)F)c2NCC12CCCCC2. The first-order chi connectivity index (χ1) is 9.78. The molecule has 1 aliphatic carbocycles. The summed E-state index contributed by atoms with van der Waals surface area (Å²) in [5.41, 5.74) is -1.20. The van der Waals surface area contributed by atoms with Crippen LogP contribution in [-0.2, 0) is 16.0 Å². The van der Waals surface area contributed by atoms with Gasteiger partial charge in [0.2, 0.25) is 0 Å². The first-order valence-corrected chi connectivity index (χ1v) is 8.45. The van der Waals surface area contributed by atoms with Gasteiger partial charge in [0.05, 0.1) is 20.9 Å². The van der Waals surface area contributed by atoms with Crippen LogP contribution < -0.4 is 5.32 Å². The lowest BCUT2D eigenvalue weighted by Crippen LogP contribution is -2.49. The summed E-state index contributed by atoms with van der Waals surface area (Å²) in [6, 6.07) is 3.37. The molecule has 1 aromatic rings. The molecule has 3 nitrogen and oxygen atoms in total. The second-order valence-corrected chi connectivity index (χ2v) is 8.09. The van der Waals surface area contributed by atoms with E-state index < -0.39 is 26.3 Å². The van der Waals surface area contributed by atoms with Crippen LogP contribution in [0.5, 0.6) is 0 Å². The Hall–Kier alpha value is -1.24. The molecule has 1 aromatic carbocycles. The number of sulfone groups is 1. The molecule has 0 bridgehead atoms. The third-order valence-corrected chi connectivity index (χ3v) is 7.16. The molecule has 0 radical (unpaired) electrons. The van der Waals surface area contributed by atoms with Crippen molar-refractivity contribution in [3.8, 4) is 0 Å². The summed E-state index contributed by atoms with van der Waals surface area (Å²) in [4.78, 5) is -0.203. The standard InChI is InChI=1S/C14H16F3NO2S/c15-14(16,17)10-5-4-6-11-12(10)18-9-13(21(11,19)20)7-2-1-3-8-13/h4-6,18H,1-3,7-9H2. The molecule has 0 amide bonds. The molecule has 1 spiro atoms. The summed E-state index contributed by atoms with van der Waals surface area (Å²) in [5, 5.41) is 2.75. The molecule has 0 aromatic heterocycles. The molecule has 21 heavy (non-hydrogen) atoms. The lowest BCUT2D eigenvalue weighted by molar-refractivity contribution is -0.137. The molecule has 1 aliphatic heterocycles. The van der Waals surface area contributed by atoms with E-state index in [-0.39, 0.29) is 17.1 Å². The average Bonchev–Trinajstić information content (AvgIpc) is 2.43. The second-order valence-electron chi connectivity index (χ2n) is 5.78. The van der Waals surface area contributed by atoms with E-state index >= 15 is 0 Å². The van der Waals surface area contributed by atoms with Crippen LogP contribution in [0, 0.1) is 0 Å². The Balaban J connectivity index is 2.16. The van der Waals surface area contributed by atoms with Crippen LogP contribution in [0.3, 0.4) is 0 Å². The van der Waals surface area contributed by atoms with Crippen molar-refractivity contribution in [3.63, 3.8) is 0 Å². The van der Waals surface area contributed by atoms with Gasteiger partial charge in [0.25, 0.3) is 0 Å². The van der Waals surface area contributed by atoms with Crippen LogP contribution in [0.4, 0.5) is 18.9 Å². The van der Waals surface area contributed by atoms with Crippen LogP contribution >= 0.6 is 0 Å². The molecule has 3 rings (SSSR count). The zero-order valence-electron chi connectivity index (χ0n) is 11.3. The van der Waals surface area contributed by atoms with Gasteiger partial charge in [-0.3, -0.25) is 0 Å². The lowest BCUT2D eigenvalue weighted by Gasteiger charge is -2.41. The van der Waals surface area contributed by atoms with Gasteiger partial charge in [-0.1, -0.05) is 25.3 Å². The highest BCUT2D eigenvalue weighted by molar-refractivity contribution is 7.93. The van der Waals surface area contributed by atoms with Gasteiger partial charge >= 0.3 is 6.18 Å². The number of hydrogen-bond donors (Lipinski definition) is 1. The van der Waals surface area contributed by atoms with Crippen LogP contribution in [-0.4, -0.2) is 19.7 Å². The van der Waals surface area contributed by atoms with E-state index in [1.165, 1.54) is 12.1 Å². The number of rotatable bonds is 0. The highest BCUT2D eigenvalue weighted by Crippen LogP contribution is 2.47. The number of nitrogens with one attached hydrogen (secondary N) is 1. The summed E-state index contributed by atoms with van der Waals surface area (Å²) in [5.74, 6) is 0. The molecule has 1 heterocycles. The van der Waals surface area contributed by atoms with Gasteiger partial charge in [0, 0.05) is 6.54 Å². The smallest absolute Gasteiger partial charge is 0.382 e. The highest BCUT2D eigenvalue weighted by atomic mass is 32.2. The van der Waals surface area contributed by atoms with Crippen molar-refractivity contribution in [3.05, 3.63) is 23.8 Å². The van der Waals surface area contributed by atoms with Crippen molar-refractivity contribution in [2.75, 3.05) is 11.9 Å². The lowest BCUT2D eigenvalue weighted by atomic mass is 9.88. The second kappa shape index (κ2) is 4.63. The minimum Gasteiger partial charge on any atom is -0.382 e. The van der Waals surface area contributed by atoms with Crippen molar-refractivity contribution >= 4 is 15.5 Å². The number of fused-ring (bicyclic) bond motifs is 1. The largest absolute Gasteiger partial charge is 0.418 e. The normalized spacial score (nSPS) is 23.4.